The number of halogens is 52. The van der Waals surface area contributed by atoms with Gasteiger partial charge in [0.25, 0.3) is 0 Å². The van der Waals surface area contributed by atoms with Gasteiger partial charge in [0.2, 0.25) is 0 Å². The first-order chi connectivity index (χ1) is 55.2. The van der Waals surface area contributed by atoms with Crippen LogP contribution in [0.25, 0.3) is 11.4 Å². The van der Waals surface area contributed by atoms with Gasteiger partial charge in [0.1, 0.15) is 47.7 Å². The molecule has 0 bridgehead atoms. The smallest absolute Gasteiger partial charge is 0.460 e. The minimum Gasteiger partial charge on any atom is -0.493 e. The minimum absolute atomic E-state index is 0.289. The van der Waals surface area contributed by atoms with Gasteiger partial charge in [-0.15, -0.1) is 0 Å². The Morgan fingerprint density at radius 2 is 0.363 bits per heavy atom. The number of hydrogen-bond donors (Lipinski definition) is 0. The van der Waals surface area contributed by atoms with E-state index in [1.54, 1.807) is 0 Å². The van der Waals surface area contributed by atoms with Gasteiger partial charge in [0.05, 0.1) is 37.8 Å². The molecule has 4 rings (SSSR count). The molecular formula is C64H48F52N2O6. The highest BCUT2D eigenvalue weighted by Crippen LogP contribution is 2.66. The molecule has 4 aromatic rings. The van der Waals surface area contributed by atoms with Crippen molar-refractivity contribution in [3.05, 3.63) is 84.2 Å². The van der Waals surface area contributed by atoms with Crippen molar-refractivity contribution in [2.24, 2.45) is 0 Å². The van der Waals surface area contributed by atoms with Crippen molar-refractivity contribution < 1.29 is 257 Å². The number of unbranched alkanes of at least 4 members (excludes halogenated alkanes) is 4. The summed E-state index contributed by atoms with van der Waals surface area (Å²) in [4.78, 5) is 7.95. The molecule has 0 atom stereocenters. The molecule has 2 aromatic carbocycles. The highest BCUT2D eigenvalue weighted by Gasteiger charge is 2.95. The highest BCUT2D eigenvalue weighted by molar-refractivity contribution is 5.58. The molecule has 0 aliphatic rings. The maximum absolute atomic E-state index is 14.5. The fourth-order valence-corrected chi connectivity index (χ4v) is 9.77. The fraction of sp³-hybridized carbons (Fsp3) is 0.656. The van der Waals surface area contributed by atoms with E-state index >= 15 is 0 Å². The van der Waals surface area contributed by atoms with E-state index < -0.39 is 283 Å². The summed E-state index contributed by atoms with van der Waals surface area (Å²) in [6, 6.07) is 8.47. The monoisotopic (exact) mass is 1930 g/mol. The van der Waals surface area contributed by atoms with Crippen molar-refractivity contribution in [2.45, 2.75) is 233 Å². The number of ether oxygens (including phenoxy) is 6. The number of rotatable bonds is 47. The van der Waals surface area contributed by atoms with Crippen molar-refractivity contribution in [2.75, 3.05) is 26.4 Å². The quantitative estimate of drug-likeness (QED) is 0.0320. The Bertz CT molecular complexity index is 3700. The number of aromatic nitrogens is 2. The number of alkyl halides is 52. The van der Waals surface area contributed by atoms with E-state index in [-0.39, 0.29) is 34.0 Å². The Kier molecular flexibility index (Phi) is 31.3. The van der Waals surface area contributed by atoms with Crippen LogP contribution in [-0.4, -0.2) is 180 Å². The summed E-state index contributed by atoms with van der Waals surface area (Å²) in [6.07, 6.45) is -51.3. The molecule has 0 spiro atoms. The van der Waals surface area contributed by atoms with E-state index in [1.807, 2.05) is 0 Å². The van der Waals surface area contributed by atoms with Gasteiger partial charge in [0.15, 0.2) is 0 Å². The molecule has 0 fully saturated rings. The average molecular weight is 1930 g/mol. The van der Waals surface area contributed by atoms with Gasteiger partial charge in [-0.2, -0.15) is 228 Å². The molecule has 60 heteroatoms. The normalized spacial score (nSPS) is 15.0. The Labute approximate surface area is 656 Å². The van der Waals surface area contributed by atoms with Crippen LogP contribution in [0, 0.1) is 0 Å². The van der Waals surface area contributed by atoms with Gasteiger partial charge in [-0.25, -0.2) is 0 Å². The molecule has 2 heterocycles. The van der Waals surface area contributed by atoms with E-state index in [9.17, 15) is 228 Å². The van der Waals surface area contributed by atoms with Crippen LogP contribution in [0.15, 0.2) is 73.1 Å². The summed E-state index contributed by atoms with van der Waals surface area (Å²) in [7, 11) is 0. The van der Waals surface area contributed by atoms with E-state index in [4.69, 9.17) is 28.4 Å². The molecule has 0 aliphatic carbocycles. The van der Waals surface area contributed by atoms with Crippen LogP contribution in [0.4, 0.5) is 228 Å². The lowest BCUT2D eigenvalue weighted by Gasteiger charge is -2.39. The second-order valence-corrected chi connectivity index (χ2v) is 26.2. The lowest BCUT2D eigenvalue weighted by atomic mass is 9.92. The summed E-state index contributed by atoms with van der Waals surface area (Å²) in [6.45, 7) is -6.39. The third-order valence-corrected chi connectivity index (χ3v) is 17.0. The molecule has 124 heavy (non-hydrogen) atoms. The Morgan fingerprint density at radius 1 is 0.185 bits per heavy atom. The van der Waals surface area contributed by atoms with Gasteiger partial charge < -0.3 is 28.4 Å². The summed E-state index contributed by atoms with van der Waals surface area (Å²) >= 11 is 0. The second kappa shape index (κ2) is 35.9. The van der Waals surface area contributed by atoms with Crippen molar-refractivity contribution in [1.82, 2.24) is 9.97 Å². The zero-order valence-corrected chi connectivity index (χ0v) is 59.7. The number of hydrogen-bond acceptors (Lipinski definition) is 8. The lowest BCUT2D eigenvalue weighted by Crippen LogP contribution is -2.70. The Hall–Kier alpha value is -8.10. The van der Waals surface area contributed by atoms with Crippen LogP contribution in [0.5, 0.6) is 34.5 Å². The molecule has 714 valence electrons. The van der Waals surface area contributed by atoms with Gasteiger partial charge in [-0.05, 0) is 98.9 Å². The van der Waals surface area contributed by atoms with Crippen LogP contribution < -0.4 is 28.4 Å². The van der Waals surface area contributed by atoms with Crippen LogP contribution >= 0.6 is 0 Å². The molecule has 2 aromatic heterocycles. The number of nitrogens with zero attached hydrogens (tertiary/aromatic N) is 2. The molecule has 0 N–H and O–H groups in total. The van der Waals surface area contributed by atoms with Crippen molar-refractivity contribution in [3.63, 3.8) is 0 Å². The minimum atomic E-state index is -8.27. The molecule has 0 aliphatic heterocycles. The lowest BCUT2D eigenvalue weighted by molar-refractivity contribution is -0.440. The topological polar surface area (TPSA) is 81.2 Å². The number of pyridine rings is 2. The zero-order valence-electron chi connectivity index (χ0n) is 59.7. The molecule has 0 radical (unpaired) electrons. The first-order valence-electron chi connectivity index (χ1n) is 33.0. The van der Waals surface area contributed by atoms with E-state index in [0.29, 0.717) is 12.1 Å². The Balaban J connectivity index is 1.63. The van der Waals surface area contributed by atoms with Gasteiger partial charge in [-0.1, -0.05) is 0 Å². The second-order valence-electron chi connectivity index (χ2n) is 26.2. The predicted octanol–water partition coefficient (Wildman–Crippen LogP) is 26.5. The summed E-state index contributed by atoms with van der Waals surface area (Å²) < 4.78 is 742. The average Bonchev–Trinajstić information content (AvgIpc) is 0.726. The fourth-order valence-electron chi connectivity index (χ4n) is 9.77. The summed E-state index contributed by atoms with van der Waals surface area (Å²) in [5.41, 5.74) is -1.26. The van der Waals surface area contributed by atoms with E-state index in [1.165, 1.54) is 0 Å². The number of benzene rings is 2. The molecule has 0 saturated carbocycles. The van der Waals surface area contributed by atoms with Gasteiger partial charge in [-0.3, -0.25) is 9.97 Å². The van der Waals surface area contributed by atoms with Crippen molar-refractivity contribution in [1.29, 1.82) is 0 Å². The molecular weight excluding hydrogens is 1880 g/mol. The summed E-state index contributed by atoms with van der Waals surface area (Å²) in [5.74, 6) is -159. The molecule has 0 saturated heterocycles. The third kappa shape index (κ3) is 20.5. The van der Waals surface area contributed by atoms with E-state index in [0.717, 1.165) is 60.9 Å². The van der Waals surface area contributed by atoms with Crippen LogP contribution in [0.1, 0.15) is 88.2 Å². The maximum atomic E-state index is 14.5. The van der Waals surface area contributed by atoms with Gasteiger partial charge in [0, 0.05) is 62.3 Å². The molecule has 0 amide bonds. The van der Waals surface area contributed by atoms with Crippen LogP contribution in [-0.2, 0) is 13.2 Å². The molecule has 8 nitrogen and oxygen atoms in total. The van der Waals surface area contributed by atoms with Crippen LogP contribution in [0.2, 0.25) is 0 Å². The maximum Gasteiger partial charge on any atom is 0.460 e. The zero-order chi connectivity index (χ0) is 96.6. The van der Waals surface area contributed by atoms with Crippen LogP contribution in [0.3, 0.4) is 0 Å². The predicted molar refractivity (Wildman–Crippen MR) is 310 cm³/mol. The highest BCUT2D eigenvalue weighted by atomic mass is 19.5. The Morgan fingerprint density at radius 3 is 0.540 bits per heavy atom. The SMILES string of the molecule is FC(F)(F)C(F)(F)C(F)(F)C(F)(F)C(F)(F)C(F)(F)CCCCOc1cc(COc2ccnc(-c3cc(OCc4cc(OCCCCC(F)(F)C(F)(F)C(F)(F)C(F)(F)C(F)(F)C(F)(F)F)cc(OCCCCC(F)(F)C(F)(F)C(F)(F)C(F)(F)C(F)(F)C(F)(F)F)c4)ccn3)c2)cc(OCCCCC(F)(F)C(F)(F)C(F)(F)C(F)(F)C(F)(F)C(F)(F)F)c1. The largest absolute Gasteiger partial charge is 0.493 e. The first kappa shape index (κ1) is 108. The van der Waals surface area contributed by atoms with Crippen molar-refractivity contribution >= 4 is 0 Å². The van der Waals surface area contributed by atoms with Gasteiger partial charge >= 0.3 is 143 Å². The van der Waals surface area contributed by atoms with E-state index in [2.05, 4.69) is 9.97 Å². The third-order valence-electron chi connectivity index (χ3n) is 17.0. The standard InChI is InChI=1S/C64H48F52N2O6/c65-41(66,45(73,74)49(81,82)53(89,90)57(97,98)61(105,106)107)11-1-5-17-119-35-21-31(22-36(25-35)120-18-6-2-12-42(67,68)46(75,76)50(83,84)54(91,92)58(99,100)62(108,109)110)29-123-33-9-15-117-39(27-33)40-28-34(10-16-118-40)124-30-32-23-37(121-19-7-3-13-43(69,70)47(77,78)51(85,86)55(93,94)59(101,102)63(111,112)113)26-38(24-32)122-20-8-4-14-44(71,72)48(79,80)52(87,88)56(95,96)60(103,104)64(114,115)116/h9-10,15-16,21-28H,1-8,11-14,17-20,29-30H2. The summed E-state index contributed by atoms with van der Waals surface area (Å²) in [5, 5.41) is 0. The van der Waals surface area contributed by atoms with Crippen molar-refractivity contribution in [3.8, 4) is 45.9 Å². The molecule has 0 unspecified atom stereocenters. The first-order valence-corrected chi connectivity index (χ1v) is 33.0.